The van der Waals surface area contributed by atoms with Gasteiger partial charge in [0.05, 0.1) is 17.4 Å². The zero-order valence-electron chi connectivity index (χ0n) is 9.90. The van der Waals surface area contributed by atoms with Gasteiger partial charge in [-0.1, -0.05) is 12.1 Å². The molecule has 0 atom stereocenters. The van der Waals surface area contributed by atoms with Crippen LogP contribution in [-0.4, -0.2) is 27.2 Å². The molecule has 1 amide bonds. The molecule has 19 heavy (non-hydrogen) atoms. The number of carboxylic acid groups (broad SMARTS) is 1. The van der Waals surface area contributed by atoms with E-state index in [1.807, 2.05) is 0 Å². The van der Waals surface area contributed by atoms with Crippen LogP contribution in [0.5, 0.6) is 0 Å². The third-order valence-electron chi connectivity index (χ3n) is 2.55. The average molecular weight is 263 g/mol. The third kappa shape index (κ3) is 2.44. The Kier molecular flexibility index (Phi) is 3.28. The number of hydrogen-bond acceptors (Lipinski definition) is 3. The molecule has 0 saturated carbocycles. The lowest BCUT2D eigenvalue weighted by Crippen LogP contribution is -2.16. The average Bonchev–Trinajstić information content (AvgIpc) is 2.76. The SMILES string of the molecule is Cc1cccc(F)c1C(=O)Nc1cn[nH]c1C(=O)O. The minimum Gasteiger partial charge on any atom is -0.476 e. The first-order valence-electron chi connectivity index (χ1n) is 5.34. The lowest BCUT2D eigenvalue weighted by molar-refractivity contribution is 0.0691. The van der Waals surface area contributed by atoms with Crippen LogP contribution < -0.4 is 5.32 Å². The van der Waals surface area contributed by atoms with Gasteiger partial charge in [0.15, 0.2) is 5.69 Å². The molecule has 0 aliphatic rings. The summed E-state index contributed by atoms with van der Waals surface area (Å²) in [4.78, 5) is 22.8. The molecule has 2 rings (SSSR count). The van der Waals surface area contributed by atoms with E-state index in [4.69, 9.17) is 5.11 Å². The second kappa shape index (κ2) is 4.89. The van der Waals surface area contributed by atoms with Crippen molar-refractivity contribution in [1.29, 1.82) is 0 Å². The molecule has 7 heteroatoms. The fourth-order valence-electron chi connectivity index (χ4n) is 1.65. The van der Waals surface area contributed by atoms with Crippen LogP contribution in [0.1, 0.15) is 26.4 Å². The molecular weight excluding hydrogens is 253 g/mol. The molecule has 1 aromatic heterocycles. The van der Waals surface area contributed by atoms with Crippen LogP contribution in [0.25, 0.3) is 0 Å². The summed E-state index contributed by atoms with van der Waals surface area (Å²) < 4.78 is 13.6. The molecule has 0 unspecified atom stereocenters. The second-order valence-electron chi connectivity index (χ2n) is 3.85. The van der Waals surface area contributed by atoms with Crippen LogP contribution >= 0.6 is 0 Å². The van der Waals surface area contributed by atoms with Gasteiger partial charge < -0.3 is 10.4 Å². The number of rotatable bonds is 3. The lowest BCUT2D eigenvalue weighted by Gasteiger charge is -2.07. The van der Waals surface area contributed by atoms with Gasteiger partial charge in [-0.3, -0.25) is 9.89 Å². The number of benzene rings is 1. The van der Waals surface area contributed by atoms with Gasteiger partial charge in [-0.2, -0.15) is 5.10 Å². The van der Waals surface area contributed by atoms with Gasteiger partial charge in [-0.15, -0.1) is 0 Å². The van der Waals surface area contributed by atoms with Crippen LogP contribution in [0, 0.1) is 12.7 Å². The van der Waals surface area contributed by atoms with Crippen LogP contribution in [0.3, 0.4) is 0 Å². The van der Waals surface area contributed by atoms with Crippen molar-refractivity contribution in [2.24, 2.45) is 0 Å². The van der Waals surface area contributed by atoms with Gasteiger partial charge in [0.2, 0.25) is 0 Å². The fraction of sp³-hybridized carbons (Fsp3) is 0.0833. The Balaban J connectivity index is 2.31. The zero-order chi connectivity index (χ0) is 14.0. The highest BCUT2D eigenvalue weighted by molar-refractivity contribution is 6.08. The van der Waals surface area contributed by atoms with E-state index in [0.717, 1.165) is 12.3 Å². The summed E-state index contributed by atoms with van der Waals surface area (Å²) in [6.07, 6.45) is 1.15. The highest BCUT2D eigenvalue weighted by Gasteiger charge is 2.19. The summed E-state index contributed by atoms with van der Waals surface area (Å²) in [5, 5.41) is 16.9. The Morgan fingerprint density at radius 3 is 2.79 bits per heavy atom. The van der Waals surface area contributed by atoms with Gasteiger partial charge >= 0.3 is 5.97 Å². The highest BCUT2D eigenvalue weighted by atomic mass is 19.1. The van der Waals surface area contributed by atoms with Crippen molar-refractivity contribution in [3.8, 4) is 0 Å². The van der Waals surface area contributed by atoms with Gasteiger partial charge in [0, 0.05) is 0 Å². The number of anilines is 1. The number of nitrogens with one attached hydrogen (secondary N) is 2. The molecular formula is C12H10FN3O3. The van der Waals surface area contributed by atoms with Crippen molar-refractivity contribution >= 4 is 17.6 Å². The number of amides is 1. The van der Waals surface area contributed by atoms with Gasteiger partial charge in [-0.25, -0.2) is 9.18 Å². The first-order chi connectivity index (χ1) is 9.00. The summed E-state index contributed by atoms with van der Waals surface area (Å²) in [6.45, 7) is 1.59. The van der Waals surface area contributed by atoms with Gasteiger partial charge in [-0.05, 0) is 18.6 Å². The fourth-order valence-corrected chi connectivity index (χ4v) is 1.65. The molecule has 98 valence electrons. The molecule has 0 spiro atoms. The molecule has 1 aromatic carbocycles. The molecule has 2 aromatic rings. The van der Waals surface area contributed by atoms with Crippen LogP contribution in [0.15, 0.2) is 24.4 Å². The van der Waals surface area contributed by atoms with E-state index in [0.29, 0.717) is 5.56 Å². The normalized spacial score (nSPS) is 10.2. The maximum absolute atomic E-state index is 13.6. The number of aromatic amines is 1. The molecule has 6 nitrogen and oxygen atoms in total. The number of aryl methyl sites for hydroxylation is 1. The van der Waals surface area contributed by atoms with Crippen molar-refractivity contribution in [1.82, 2.24) is 10.2 Å². The van der Waals surface area contributed by atoms with E-state index in [1.54, 1.807) is 13.0 Å². The summed E-state index contributed by atoms with van der Waals surface area (Å²) in [6, 6.07) is 4.24. The number of carbonyl (C=O) groups excluding carboxylic acids is 1. The lowest BCUT2D eigenvalue weighted by atomic mass is 10.1. The number of aromatic nitrogens is 2. The monoisotopic (exact) mass is 263 g/mol. The smallest absolute Gasteiger partial charge is 0.356 e. The van der Waals surface area contributed by atoms with Gasteiger partial charge in [0.1, 0.15) is 5.82 Å². The Bertz CT molecular complexity index is 631. The Morgan fingerprint density at radius 2 is 2.16 bits per heavy atom. The number of carboxylic acids is 1. The van der Waals surface area contributed by atoms with E-state index < -0.39 is 17.7 Å². The van der Waals surface area contributed by atoms with Crippen molar-refractivity contribution in [3.63, 3.8) is 0 Å². The molecule has 0 radical (unpaired) electrons. The second-order valence-corrected chi connectivity index (χ2v) is 3.85. The highest BCUT2D eigenvalue weighted by Crippen LogP contribution is 2.17. The van der Waals surface area contributed by atoms with Crippen molar-refractivity contribution in [2.75, 3.05) is 5.32 Å². The minimum atomic E-state index is -1.27. The number of carbonyl (C=O) groups is 2. The molecule has 1 heterocycles. The Hall–Kier alpha value is -2.70. The number of halogens is 1. The van der Waals surface area contributed by atoms with Crippen LogP contribution in [0.2, 0.25) is 0 Å². The summed E-state index contributed by atoms with van der Waals surface area (Å²) >= 11 is 0. The Labute approximate surface area is 107 Å². The predicted molar refractivity (Wildman–Crippen MR) is 64.6 cm³/mol. The molecule has 0 aliphatic carbocycles. The number of aromatic carboxylic acids is 1. The third-order valence-corrected chi connectivity index (χ3v) is 2.55. The number of H-pyrrole nitrogens is 1. The molecule has 0 fully saturated rings. The topological polar surface area (TPSA) is 95.1 Å². The Morgan fingerprint density at radius 1 is 1.42 bits per heavy atom. The summed E-state index contributed by atoms with van der Waals surface area (Å²) in [7, 11) is 0. The predicted octanol–water partition coefficient (Wildman–Crippen LogP) is 1.81. The maximum atomic E-state index is 13.6. The van der Waals surface area contributed by atoms with Crippen LogP contribution in [0.4, 0.5) is 10.1 Å². The first-order valence-corrected chi connectivity index (χ1v) is 5.34. The first kappa shape index (κ1) is 12.7. The van der Waals surface area contributed by atoms with Crippen molar-refractivity contribution < 1.29 is 19.1 Å². The van der Waals surface area contributed by atoms with Crippen molar-refractivity contribution in [2.45, 2.75) is 6.92 Å². The molecule has 3 N–H and O–H groups in total. The largest absolute Gasteiger partial charge is 0.476 e. The molecule has 0 aliphatic heterocycles. The maximum Gasteiger partial charge on any atom is 0.356 e. The standard InChI is InChI=1S/C12H10FN3O3/c1-6-3-2-4-7(13)9(6)11(17)15-8-5-14-16-10(8)12(18)19/h2-5H,1H3,(H,14,16)(H,15,17)(H,18,19). The van der Waals surface area contributed by atoms with E-state index >= 15 is 0 Å². The van der Waals surface area contributed by atoms with E-state index in [1.165, 1.54) is 6.07 Å². The minimum absolute atomic E-state index is 0.0137. The number of hydrogen-bond donors (Lipinski definition) is 3. The van der Waals surface area contributed by atoms with E-state index in [-0.39, 0.29) is 16.9 Å². The summed E-state index contributed by atoms with van der Waals surface area (Å²) in [5.74, 6) is -2.66. The van der Waals surface area contributed by atoms with E-state index in [2.05, 4.69) is 15.5 Å². The van der Waals surface area contributed by atoms with E-state index in [9.17, 15) is 14.0 Å². The molecule has 0 bridgehead atoms. The van der Waals surface area contributed by atoms with Gasteiger partial charge in [0.25, 0.3) is 5.91 Å². The summed E-state index contributed by atoms with van der Waals surface area (Å²) in [5.41, 5.74) is 0.0559. The van der Waals surface area contributed by atoms with Crippen LogP contribution in [-0.2, 0) is 0 Å². The van der Waals surface area contributed by atoms with Crippen molar-refractivity contribution in [3.05, 3.63) is 47.0 Å². The quantitative estimate of drug-likeness (QED) is 0.787. The number of nitrogens with zero attached hydrogens (tertiary/aromatic N) is 1. The molecule has 0 saturated heterocycles. The zero-order valence-corrected chi connectivity index (χ0v) is 9.90.